The average Bonchev–Trinajstić information content (AvgIpc) is 3.19. The van der Waals surface area contributed by atoms with Crippen molar-refractivity contribution in [3.63, 3.8) is 0 Å². The van der Waals surface area contributed by atoms with E-state index in [0.717, 1.165) is 0 Å². The van der Waals surface area contributed by atoms with Crippen LogP contribution in [-0.2, 0) is 6.54 Å². The second-order valence-corrected chi connectivity index (χ2v) is 5.27. The second kappa shape index (κ2) is 6.10. The van der Waals surface area contributed by atoms with E-state index in [1.807, 2.05) is 0 Å². The zero-order chi connectivity index (χ0) is 15.5. The molecule has 0 aliphatic heterocycles. The molecular formula is C14H17N5O3. The van der Waals surface area contributed by atoms with Crippen molar-refractivity contribution in [2.24, 2.45) is 5.92 Å². The summed E-state index contributed by atoms with van der Waals surface area (Å²) in [6.45, 7) is 6.33. The number of rotatable bonds is 6. The first-order valence-electron chi connectivity index (χ1n) is 7.03. The van der Waals surface area contributed by atoms with Gasteiger partial charge in [0.1, 0.15) is 0 Å². The minimum Gasteiger partial charge on any atom is -0.461 e. The van der Waals surface area contributed by atoms with E-state index in [4.69, 9.17) is 13.5 Å². The van der Waals surface area contributed by atoms with Gasteiger partial charge in [0.25, 0.3) is 0 Å². The molecule has 8 heteroatoms. The molecule has 0 fully saturated rings. The molecule has 8 nitrogen and oxygen atoms in total. The zero-order valence-electron chi connectivity index (χ0n) is 12.6. The first-order chi connectivity index (χ1) is 10.6. The fourth-order valence-electron chi connectivity index (χ4n) is 2.08. The second-order valence-electron chi connectivity index (χ2n) is 5.27. The van der Waals surface area contributed by atoms with Crippen molar-refractivity contribution in [1.82, 2.24) is 25.6 Å². The fraction of sp³-hybridized carbons (Fsp3) is 0.429. The molecule has 1 N–H and O–H groups in total. The molecule has 0 saturated heterocycles. The number of hydrogen-bond donors (Lipinski definition) is 1. The Morgan fingerprint density at radius 1 is 1.18 bits per heavy atom. The van der Waals surface area contributed by atoms with Crippen LogP contribution in [0.15, 0.2) is 31.9 Å². The number of aromatic nitrogens is 4. The van der Waals surface area contributed by atoms with Gasteiger partial charge in [-0.25, -0.2) is 0 Å². The first kappa shape index (κ1) is 14.5. The highest BCUT2D eigenvalue weighted by Crippen LogP contribution is 2.21. The molecule has 22 heavy (non-hydrogen) atoms. The molecule has 3 rings (SSSR count). The maximum Gasteiger partial charge on any atom is 0.244 e. The Hall–Kier alpha value is -2.48. The van der Waals surface area contributed by atoms with Gasteiger partial charge in [-0.1, -0.05) is 24.2 Å². The minimum atomic E-state index is -0.0832. The number of hydrogen-bond acceptors (Lipinski definition) is 8. The van der Waals surface area contributed by atoms with Gasteiger partial charge < -0.3 is 13.5 Å². The Balaban J connectivity index is 1.68. The number of nitrogens with one attached hydrogen (secondary N) is 1. The third kappa shape index (κ3) is 3.06. The van der Waals surface area contributed by atoms with Crippen LogP contribution in [0, 0.1) is 12.8 Å². The van der Waals surface area contributed by atoms with E-state index in [9.17, 15) is 0 Å². The molecule has 0 bridgehead atoms. The normalized spacial score (nSPS) is 12.9. The summed E-state index contributed by atoms with van der Waals surface area (Å²) >= 11 is 0. The molecule has 1 unspecified atom stereocenters. The van der Waals surface area contributed by atoms with Crippen LogP contribution >= 0.6 is 0 Å². The number of nitrogens with zero attached hydrogens (tertiary/aromatic N) is 4. The van der Waals surface area contributed by atoms with Gasteiger partial charge in [0.2, 0.25) is 17.6 Å². The van der Waals surface area contributed by atoms with Crippen molar-refractivity contribution in [3.8, 4) is 11.6 Å². The van der Waals surface area contributed by atoms with Crippen molar-refractivity contribution >= 4 is 0 Å². The third-order valence-electron chi connectivity index (χ3n) is 3.16. The van der Waals surface area contributed by atoms with Gasteiger partial charge in [0, 0.05) is 0 Å². The van der Waals surface area contributed by atoms with Crippen LogP contribution in [0.1, 0.15) is 37.5 Å². The van der Waals surface area contributed by atoms with Gasteiger partial charge in [0.05, 0.1) is 18.8 Å². The lowest BCUT2D eigenvalue weighted by atomic mass is 10.0. The fourth-order valence-corrected chi connectivity index (χ4v) is 2.08. The van der Waals surface area contributed by atoms with E-state index in [1.165, 1.54) is 0 Å². The van der Waals surface area contributed by atoms with Crippen LogP contribution in [0.25, 0.3) is 11.6 Å². The quantitative estimate of drug-likeness (QED) is 0.741. The van der Waals surface area contributed by atoms with Crippen molar-refractivity contribution < 1.29 is 13.5 Å². The summed E-state index contributed by atoms with van der Waals surface area (Å²) < 4.78 is 15.7. The summed E-state index contributed by atoms with van der Waals surface area (Å²) in [7, 11) is 0. The molecule has 0 amide bonds. The van der Waals surface area contributed by atoms with E-state index in [2.05, 4.69) is 39.4 Å². The van der Waals surface area contributed by atoms with Crippen molar-refractivity contribution in [1.29, 1.82) is 0 Å². The van der Waals surface area contributed by atoms with E-state index >= 15 is 0 Å². The molecule has 0 aromatic carbocycles. The maximum absolute atomic E-state index is 5.24. The molecule has 0 spiro atoms. The minimum absolute atomic E-state index is 0.0832. The lowest BCUT2D eigenvalue weighted by Crippen LogP contribution is -2.25. The third-order valence-corrected chi connectivity index (χ3v) is 3.16. The highest BCUT2D eigenvalue weighted by Gasteiger charge is 2.22. The Morgan fingerprint density at radius 3 is 2.68 bits per heavy atom. The summed E-state index contributed by atoms with van der Waals surface area (Å²) in [5, 5.41) is 11.0. The van der Waals surface area contributed by atoms with Gasteiger partial charge in [-0.3, -0.25) is 5.32 Å². The molecule has 0 aliphatic rings. The van der Waals surface area contributed by atoms with Gasteiger partial charge in [0.15, 0.2) is 11.6 Å². The van der Waals surface area contributed by atoms with Gasteiger partial charge in [-0.15, -0.1) is 0 Å². The monoisotopic (exact) mass is 303 g/mol. The summed E-state index contributed by atoms with van der Waals surface area (Å²) in [5.74, 6) is 2.90. The van der Waals surface area contributed by atoms with E-state index in [1.54, 1.807) is 25.3 Å². The smallest absolute Gasteiger partial charge is 0.244 e. The lowest BCUT2D eigenvalue weighted by molar-refractivity contribution is 0.274. The highest BCUT2D eigenvalue weighted by atomic mass is 16.5. The summed E-state index contributed by atoms with van der Waals surface area (Å²) in [5.41, 5.74) is 0. The molecular weight excluding hydrogens is 286 g/mol. The largest absolute Gasteiger partial charge is 0.461 e. The molecule has 3 heterocycles. The molecule has 0 aliphatic carbocycles. The molecule has 3 aromatic rings. The number of furan rings is 1. The van der Waals surface area contributed by atoms with Crippen LogP contribution in [0.3, 0.4) is 0 Å². The van der Waals surface area contributed by atoms with Crippen molar-refractivity contribution in [3.05, 3.63) is 36.0 Å². The Bertz CT molecular complexity index is 717. The average molecular weight is 303 g/mol. The van der Waals surface area contributed by atoms with Gasteiger partial charge >= 0.3 is 0 Å². The van der Waals surface area contributed by atoms with E-state index in [0.29, 0.717) is 35.7 Å². The van der Waals surface area contributed by atoms with Crippen LogP contribution in [0.2, 0.25) is 0 Å². The van der Waals surface area contributed by atoms with E-state index < -0.39 is 0 Å². The zero-order valence-corrected chi connectivity index (χ0v) is 12.6. The molecule has 3 aromatic heterocycles. The first-order valence-corrected chi connectivity index (χ1v) is 7.03. The number of aryl methyl sites for hydroxylation is 1. The van der Waals surface area contributed by atoms with Crippen LogP contribution in [-0.4, -0.2) is 20.3 Å². The summed E-state index contributed by atoms with van der Waals surface area (Å²) in [6.07, 6.45) is 1.57. The van der Waals surface area contributed by atoms with Crippen molar-refractivity contribution in [2.75, 3.05) is 0 Å². The SMILES string of the molecule is Cc1noc(C(NCc2nc(-c3ccco3)no2)C(C)C)n1. The maximum atomic E-state index is 5.24. The Morgan fingerprint density at radius 2 is 2.05 bits per heavy atom. The molecule has 0 saturated carbocycles. The van der Waals surface area contributed by atoms with Gasteiger partial charge in [-0.2, -0.15) is 9.97 Å². The molecule has 1 atom stereocenters. The molecule has 0 radical (unpaired) electrons. The van der Waals surface area contributed by atoms with Crippen LogP contribution in [0.5, 0.6) is 0 Å². The summed E-state index contributed by atoms with van der Waals surface area (Å²) in [4.78, 5) is 8.55. The van der Waals surface area contributed by atoms with Crippen LogP contribution in [0.4, 0.5) is 0 Å². The highest BCUT2D eigenvalue weighted by molar-refractivity contribution is 5.44. The predicted molar refractivity (Wildman–Crippen MR) is 75.5 cm³/mol. The van der Waals surface area contributed by atoms with E-state index in [-0.39, 0.29) is 12.0 Å². The lowest BCUT2D eigenvalue weighted by Gasteiger charge is -2.17. The summed E-state index contributed by atoms with van der Waals surface area (Å²) in [6, 6.07) is 3.47. The van der Waals surface area contributed by atoms with Crippen molar-refractivity contribution in [2.45, 2.75) is 33.4 Å². The predicted octanol–water partition coefficient (Wildman–Crippen LogP) is 2.51. The topological polar surface area (TPSA) is 103 Å². The Kier molecular flexibility index (Phi) is 4.01. The van der Waals surface area contributed by atoms with Gasteiger partial charge in [-0.05, 0) is 25.0 Å². The Labute approximate surface area is 126 Å². The molecule has 116 valence electrons. The standard InChI is InChI=1S/C14H17N5O3/c1-8(2)12(14-16-9(3)18-22-14)15-7-11-17-13(19-21-11)10-5-4-6-20-10/h4-6,8,12,15H,7H2,1-3H3. The van der Waals surface area contributed by atoms with Crippen LogP contribution < -0.4 is 5.32 Å².